The summed E-state index contributed by atoms with van der Waals surface area (Å²) in [4.78, 5) is 49.9. The van der Waals surface area contributed by atoms with Crippen LogP contribution in [-0.4, -0.2) is 47.7 Å². The van der Waals surface area contributed by atoms with Gasteiger partial charge in [-0.05, 0) is 42.8 Å². The summed E-state index contributed by atoms with van der Waals surface area (Å²) in [5, 5.41) is 5.02. The molecule has 2 unspecified atom stereocenters. The van der Waals surface area contributed by atoms with Crippen molar-refractivity contribution in [2.45, 2.75) is 37.5 Å². The fraction of sp³-hybridized carbons (Fsp3) is 0.304. The number of rotatable bonds is 6. The van der Waals surface area contributed by atoms with Crippen LogP contribution in [0.5, 0.6) is 17.2 Å². The van der Waals surface area contributed by atoms with Gasteiger partial charge in [0.1, 0.15) is 29.3 Å². The van der Waals surface area contributed by atoms with Crippen molar-refractivity contribution in [1.82, 2.24) is 10.2 Å². The van der Waals surface area contributed by atoms with Crippen LogP contribution in [0.15, 0.2) is 42.5 Å². The summed E-state index contributed by atoms with van der Waals surface area (Å²) in [5.74, 6) is -1.51. The first kappa shape index (κ1) is 24.0. The predicted octanol–water partition coefficient (Wildman–Crippen LogP) is 2.85. The molecule has 35 heavy (non-hydrogen) atoms. The van der Waals surface area contributed by atoms with Crippen molar-refractivity contribution >= 4 is 29.3 Å². The van der Waals surface area contributed by atoms with Gasteiger partial charge < -0.3 is 20.1 Å². The number of carbonyl (C=O) groups excluding carboxylic acids is 4. The van der Waals surface area contributed by atoms with Crippen molar-refractivity contribution in [3.05, 3.63) is 48.0 Å². The van der Waals surface area contributed by atoms with Gasteiger partial charge >= 0.3 is 6.18 Å². The van der Waals surface area contributed by atoms with Crippen molar-refractivity contribution in [3.63, 3.8) is 0 Å². The summed E-state index contributed by atoms with van der Waals surface area (Å²) in [5.41, 5.74) is -0.648. The van der Waals surface area contributed by atoms with E-state index in [0.717, 1.165) is 29.2 Å². The van der Waals surface area contributed by atoms with E-state index in [1.165, 1.54) is 25.3 Å². The molecule has 12 heteroatoms. The van der Waals surface area contributed by atoms with Crippen molar-refractivity contribution in [1.29, 1.82) is 0 Å². The number of β-lactam (4-membered cyclic amide) rings is 1. The minimum atomic E-state index is -4.47. The van der Waals surface area contributed by atoms with Crippen LogP contribution in [0.25, 0.3) is 0 Å². The van der Waals surface area contributed by atoms with Crippen LogP contribution in [0.3, 0.4) is 0 Å². The van der Waals surface area contributed by atoms with E-state index in [-0.39, 0.29) is 48.1 Å². The van der Waals surface area contributed by atoms with Crippen LogP contribution in [0.1, 0.15) is 24.8 Å². The molecule has 0 spiro atoms. The highest BCUT2D eigenvalue weighted by atomic mass is 19.4. The molecule has 0 aromatic heterocycles. The zero-order valence-electron chi connectivity index (χ0n) is 18.3. The van der Waals surface area contributed by atoms with Crippen molar-refractivity contribution in [2.24, 2.45) is 0 Å². The second-order valence-corrected chi connectivity index (χ2v) is 7.96. The largest absolute Gasteiger partial charge is 0.495 e. The highest BCUT2D eigenvalue weighted by molar-refractivity contribution is 6.10. The Balaban J connectivity index is 1.49. The van der Waals surface area contributed by atoms with Gasteiger partial charge in [-0.15, -0.1) is 0 Å². The fourth-order valence-corrected chi connectivity index (χ4v) is 3.80. The molecular formula is C23H20F3N3O6. The number of nitrogens with one attached hydrogen (secondary N) is 2. The molecule has 2 aromatic carbocycles. The Morgan fingerprint density at radius 2 is 1.74 bits per heavy atom. The number of anilines is 1. The number of alkyl halides is 3. The van der Waals surface area contributed by atoms with E-state index in [1.807, 2.05) is 0 Å². The number of methoxy groups -OCH3 is 1. The number of benzene rings is 2. The van der Waals surface area contributed by atoms with E-state index in [0.29, 0.717) is 0 Å². The molecule has 2 aliphatic rings. The molecule has 2 atom stereocenters. The predicted molar refractivity (Wildman–Crippen MR) is 115 cm³/mol. The molecule has 2 saturated heterocycles. The van der Waals surface area contributed by atoms with E-state index < -0.39 is 41.5 Å². The summed E-state index contributed by atoms with van der Waals surface area (Å²) in [6.07, 6.45) is -4.41. The third kappa shape index (κ3) is 5.05. The molecule has 2 heterocycles. The molecule has 2 N–H and O–H groups in total. The number of carbonyl (C=O) groups is 4. The van der Waals surface area contributed by atoms with Gasteiger partial charge in [-0.3, -0.25) is 24.1 Å². The topological polar surface area (TPSA) is 114 Å². The second kappa shape index (κ2) is 9.28. The van der Waals surface area contributed by atoms with Crippen molar-refractivity contribution in [3.8, 4) is 17.2 Å². The van der Waals surface area contributed by atoms with Crippen molar-refractivity contribution < 1.29 is 41.8 Å². The van der Waals surface area contributed by atoms with Crippen LogP contribution in [0, 0.1) is 0 Å². The van der Waals surface area contributed by atoms with Gasteiger partial charge in [0.2, 0.25) is 17.7 Å². The van der Waals surface area contributed by atoms with Gasteiger partial charge in [0.05, 0.1) is 24.8 Å². The number of imide groups is 1. The number of ether oxygens (including phenoxy) is 2. The number of amides is 4. The SMILES string of the molecule is COc1ccc(Oc2ccc(C(F)(F)F)cc2)cc1NC(=O)C1CCC(=O)N1C(=O)C1CC(=O)N1. The molecule has 9 nitrogen and oxygen atoms in total. The second-order valence-electron chi connectivity index (χ2n) is 7.96. The number of halogens is 3. The standard InChI is InChI=1S/C23H20F3N3O6/c1-34-18-8-6-14(35-13-4-2-12(3-5-13)23(24,25)26)10-15(18)28-21(32)17-7-9-20(31)29(17)22(33)16-11-19(30)27-16/h2-6,8,10,16-17H,7,9,11H2,1H3,(H,27,30)(H,28,32). The summed E-state index contributed by atoms with van der Waals surface area (Å²) >= 11 is 0. The molecule has 0 saturated carbocycles. The lowest BCUT2D eigenvalue weighted by atomic mass is 10.0. The summed E-state index contributed by atoms with van der Waals surface area (Å²) < 4.78 is 49.1. The monoisotopic (exact) mass is 491 g/mol. The highest BCUT2D eigenvalue weighted by Gasteiger charge is 2.45. The van der Waals surface area contributed by atoms with Crippen LogP contribution >= 0.6 is 0 Å². The molecule has 0 radical (unpaired) electrons. The molecule has 184 valence electrons. The lowest BCUT2D eigenvalue weighted by Gasteiger charge is -2.31. The summed E-state index contributed by atoms with van der Waals surface area (Å²) in [7, 11) is 1.37. The Morgan fingerprint density at radius 1 is 1.09 bits per heavy atom. The van der Waals surface area contributed by atoms with Gasteiger partial charge in [0.15, 0.2) is 0 Å². The molecule has 0 bridgehead atoms. The van der Waals surface area contributed by atoms with E-state index in [1.54, 1.807) is 0 Å². The van der Waals surface area contributed by atoms with E-state index >= 15 is 0 Å². The van der Waals surface area contributed by atoms with Gasteiger partial charge in [-0.2, -0.15) is 13.2 Å². The Morgan fingerprint density at radius 3 is 2.34 bits per heavy atom. The van der Waals surface area contributed by atoms with E-state index in [4.69, 9.17) is 9.47 Å². The maximum absolute atomic E-state index is 13.0. The van der Waals surface area contributed by atoms with Gasteiger partial charge in [0, 0.05) is 12.5 Å². The van der Waals surface area contributed by atoms with Crippen LogP contribution < -0.4 is 20.1 Å². The van der Waals surface area contributed by atoms with Crippen LogP contribution in [0.2, 0.25) is 0 Å². The zero-order chi connectivity index (χ0) is 25.3. The summed E-state index contributed by atoms with van der Waals surface area (Å²) in [6.45, 7) is 0. The number of hydrogen-bond donors (Lipinski definition) is 2. The average Bonchev–Trinajstić information content (AvgIpc) is 3.18. The summed E-state index contributed by atoms with van der Waals surface area (Å²) in [6, 6.07) is 6.58. The van der Waals surface area contributed by atoms with Crippen LogP contribution in [0.4, 0.5) is 18.9 Å². The van der Waals surface area contributed by atoms with E-state index in [2.05, 4.69) is 10.6 Å². The molecule has 2 aromatic rings. The smallest absolute Gasteiger partial charge is 0.416 e. The molecule has 2 aliphatic heterocycles. The molecular weight excluding hydrogens is 471 g/mol. The number of likely N-dealkylation sites (tertiary alicyclic amines) is 1. The Bertz CT molecular complexity index is 1170. The maximum atomic E-state index is 13.0. The average molecular weight is 491 g/mol. The minimum Gasteiger partial charge on any atom is -0.495 e. The number of hydrogen-bond acceptors (Lipinski definition) is 6. The Hall–Kier alpha value is -4.09. The van der Waals surface area contributed by atoms with Gasteiger partial charge in [-0.25, -0.2) is 0 Å². The molecule has 2 fully saturated rings. The zero-order valence-corrected chi connectivity index (χ0v) is 18.3. The Labute approximate surface area is 197 Å². The minimum absolute atomic E-state index is 0.00129. The highest BCUT2D eigenvalue weighted by Crippen LogP contribution is 2.34. The Kier molecular flexibility index (Phi) is 6.37. The first-order valence-corrected chi connectivity index (χ1v) is 10.6. The molecule has 4 amide bonds. The third-order valence-electron chi connectivity index (χ3n) is 5.62. The number of nitrogens with zero attached hydrogens (tertiary/aromatic N) is 1. The quantitative estimate of drug-likeness (QED) is 0.475. The lowest BCUT2D eigenvalue weighted by molar-refractivity contribution is -0.152. The fourth-order valence-electron chi connectivity index (χ4n) is 3.80. The lowest BCUT2D eigenvalue weighted by Crippen LogP contribution is -2.60. The molecule has 0 aliphatic carbocycles. The maximum Gasteiger partial charge on any atom is 0.416 e. The van der Waals surface area contributed by atoms with Crippen LogP contribution in [-0.2, 0) is 25.4 Å². The molecule has 4 rings (SSSR count). The van der Waals surface area contributed by atoms with Gasteiger partial charge in [0.25, 0.3) is 5.91 Å². The van der Waals surface area contributed by atoms with Crippen molar-refractivity contribution in [2.75, 3.05) is 12.4 Å². The normalized spacial score (nSPS) is 19.6. The third-order valence-corrected chi connectivity index (χ3v) is 5.62. The first-order valence-electron chi connectivity index (χ1n) is 10.6. The van der Waals surface area contributed by atoms with Gasteiger partial charge in [-0.1, -0.05) is 0 Å². The van der Waals surface area contributed by atoms with E-state index in [9.17, 15) is 32.3 Å². The first-order chi connectivity index (χ1) is 16.6.